The van der Waals surface area contributed by atoms with E-state index in [1.54, 1.807) is 0 Å². The number of ether oxygens (including phenoxy) is 8. The maximum absolute atomic E-state index is 12.1. The molecule has 0 spiro atoms. The van der Waals surface area contributed by atoms with Crippen molar-refractivity contribution in [2.75, 3.05) is 20.0 Å². The SMILES string of the molecule is CC(C)(C)[Si](OC[C@H]1O[C@H]2[C@@H]([C@H]3O[C@H](COCc4ccccc4)[C@@H](OCc4ccccc4)[C@H](OCc4ccccc4)[C@@H]3OCc3ccccc3)OCO[C@@H]2[C@@H](O)[C@H]1O)(c1ccccc1)c1ccccc1. The molecule has 368 valence electrons. The minimum atomic E-state index is -3.09. The van der Waals surface area contributed by atoms with Crippen molar-refractivity contribution >= 4 is 18.7 Å². The first-order valence-electron chi connectivity index (χ1n) is 24.4. The molecule has 0 saturated carbocycles. The lowest BCUT2D eigenvalue weighted by Crippen LogP contribution is -2.72. The summed E-state index contributed by atoms with van der Waals surface area (Å²) in [6, 6.07) is 60.6. The van der Waals surface area contributed by atoms with Crippen molar-refractivity contribution in [2.45, 2.75) is 119 Å². The maximum Gasteiger partial charge on any atom is 0.261 e. The van der Waals surface area contributed by atoms with Gasteiger partial charge in [0.25, 0.3) is 8.32 Å². The lowest BCUT2D eigenvalue weighted by atomic mass is 9.84. The molecule has 0 unspecified atom stereocenters. The molecule has 0 aromatic heterocycles. The number of benzene rings is 6. The molecule has 3 aliphatic rings. The third-order valence-corrected chi connectivity index (χ3v) is 18.7. The van der Waals surface area contributed by atoms with Crippen molar-refractivity contribution in [3.8, 4) is 0 Å². The second-order valence-electron chi connectivity index (χ2n) is 19.4. The van der Waals surface area contributed by atoms with Crippen molar-refractivity contribution in [2.24, 2.45) is 0 Å². The van der Waals surface area contributed by atoms with Crippen LogP contribution in [-0.2, 0) is 68.7 Å². The van der Waals surface area contributed by atoms with E-state index >= 15 is 0 Å². The molecule has 70 heavy (non-hydrogen) atoms. The topological polar surface area (TPSA) is 124 Å². The van der Waals surface area contributed by atoms with Crippen LogP contribution in [0.15, 0.2) is 182 Å². The van der Waals surface area contributed by atoms with Crippen LogP contribution in [0.5, 0.6) is 0 Å². The summed E-state index contributed by atoms with van der Waals surface area (Å²) in [5, 5.41) is 25.8. The highest BCUT2D eigenvalue weighted by Gasteiger charge is 2.59. The summed E-state index contributed by atoms with van der Waals surface area (Å²) in [6.45, 7) is 7.65. The lowest BCUT2D eigenvalue weighted by molar-refractivity contribution is -0.356. The van der Waals surface area contributed by atoms with Gasteiger partial charge >= 0.3 is 0 Å². The molecule has 12 heteroatoms. The zero-order valence-corrected chi connectivity index (χ0v) is 41.2. The Kier molecular flexibility index (Phi) is 16.8. The van der Waals surface area contributed by atoms with Crippen LogP contribution >= 0.6 is 0 Å². The molecule has 3 saturated heterocycles. The summed E-state index contributed by atoms with van der Waals surface area (Å²) in [7, 11) is -3.09. The van der Waals surface area contributed by atoms with Gasteiger partial charge in [-0.2, -0.15) is 0 Å². The smallest absolute Gasteiger partial charge is 0.261 e. The van der Waals surface area contributed by atoms with E-state index in [0.29, 0.717) is 6.61 Å². The molecular weight excluding hydrogens is 901 g/mol. The summed E-state index contributed by atoms with van der Waals surface area (Å²) in [6.07, 6.45) is -10.2. The van der Waals surface area contributed by atoms with Gasteiger partial charge in [-0.1, -0.05) is 203 Å². The Morgan fingerprint density at radius 2 is 0.857 bits per heavy atom. The molecule has 6 aromatic rings. The van der Waals surface area contributed by atoms with Gasteiger partial charge in [0.1, 0.15) is 73.9 Å². The fraction of sp³-hybridized carbons (Fsp3) is 0.379. The third kappa shape index (κ3) is 11.6. The first-order valence-corrected chi connectivity index (χ1v) is 26.3. The van der Waals surface area contributed by atoms with Gasteiger partial charge in [0.05, 0.1) is 39.6 Å². The van der Waals surface area contributed by atoms with Gasteiger partial charge in [-0.15, -0.1) is 0 Å². The Morgan fingerprint density at radius 1 is 0.443 bits per heavy atom. The Hall–Kier alpha value is -4.90. The number of aliphatic hydroxyl groups excluding tert-OH is 2. The monoisotopic (exact) mass is 966 g/mol. The molecule has 6 aromatic carbocycles. The molecular formula is C58H66O11Si. The van der Waals surface area contributed by atoms with Crippen LogP contribution in [0.3, 0.4) is 0 Å². The molecule has 0 bridgehead atoms. The van der Waals surface area contributed by atoms with E-state index in [1.165, 1.54) is 0 Å². The second-order valence-corrected chi connectivity index (χ2v) is 23.7. The summed E-state index contributed by atoms with van der Waals surface area (Å²) < 4.78 is 61.9. The standard InChI is InChI=1S/C58H66O11Si/c1-58(2,3)70(45-30-18-8-19-31-45,46-32-20-9-21-33-46)67-39-47-49(59)50(60)52-56(68-47)55(66-40-65-52)57-54(64-37-44-28-16-7-17-29-44)53(63-36-43-26-14-6-15-27-43)51(62-35-42-24-12-5-13-25-42)48(69-57)38-61-34-41-22-10-4-11-23-41/h4-33,47-57,59-60H,34-40H2,1-3H3/t47-,48-,49+,50+,51-,52-,53+,54+,55+,56-,57+/m1/s1. The van der Waals surface area contributed by atoms with E-state index in [-0.39, 0.29) is 44.9 Å². The van der Waals surface area contributed by atoms with Gasteiger partial charge in [-0.05, 0) is 37.7 Å². The zero-order chi connectivity index (χ0) is 48.3. The van der Waals surface area contributed by atoms with Gasteiger partial charge in [0.15, 0.2) is 0 Å². The van der Waals surface area contributed by atoms with E-state index in [0.717, 1.165) is 32.6 Å². The van der Waals surface area contributed by atoms with Crippen LogP contribution in [-0.4, -0.2) is 106 Å². The minimum absolute atomic E-state index is 0.0188. The highest BCUT2D eigenvalue weighted by atomic mass is 28.4. The van der Waals surface area contributed by atoms with E-state index in [4.69, 9.17) is 42.3 Å². The van der Waals surface area contributed by atoms with Crippen LogP contribution in [0.4, 0.5) is 0 Å². The number of rotatable bonds is 19. The average Bonchev–Trinajstić information content (AvgIpc) is 3.40. The van der Waals surface area contributed by atoms with Crippen molar-refractivity contribution in [1.82, 2.24) is 0 Å². The minimum Gasteiger partial charge on any atom is -0.405 e. The average molecular weight is 967 g/mol. The third-order valence-electron chi connectivity index (χ3n) is 13.7. The van der Waals surface area contributed by atoms with E-state index < -0.39 is 75.5 Å². The van der Waals surface area contributed by atoms with Gasteiger partial charge in [-0.25, -0.2) is 0 Å². The van der Waals surface area contributed by atoms with Gasteiger partial charge in [-0.3, -0.25) is 0 Å². The zero-order valence-electron chi connectivity index (χ0n) is 40.2. The first kappa shape index (κ1) is 50.1. The summed E-state index contributed by atoms with van der Waals surface area (Å²) >= 11 is 0. The number of fused-ring (bicyclic) bond motifs is 1. The summed E-state index contributed by atoms with van der Waals surface area (Å²) in [5.41, 5.74) is 3.94. The maximum atomic E-state index is 12.1. The normalized spacial score (nSPS) is 27.1. The molecule has 3 fully saturated rings. The van der Waals surface area contributed by atoms with Crippen LogP contribution in [0.1, 0.15) is 43.0 Å². The van der Waals surface area contributed by atoms with Crippen LogP contribution in [0.25, 0.3) is 0 Å². The van der Waals surface area contributed by atoms with Gasteiger partial charge in [0.2, 0.25) is 0 Å². The first-order chi connectivity index (χ1) is 34.2. The van der Waals surface area contributed by atoms with E-state index in [1.807, 2.05) is 158 Å². The van der Waals surface area contributed by atoms with Gasteiger partial charge in [0, 0.05) is 0 Å². The highest BCUT2D eigenvalue weighted by Crippen LogP contribution is 2.41. The molecule has 0 radical (unpaired) electrons. The Bertz CT molecular complexity index is 2410. The van der Waals surface area contributed by atoms with Crippen LogP contribution in [0, 0.1) is 0 Å². The number of hydrogen-bond donors (Lipinski definition) is 2. The predicted molar refractivity (Wildman–Crippen MR) is 269 cm³/mol. The Balaban J connectivity index is 1.07. The fourth-order valence-electron chi connectivity index (χ4n) is 10.2. The molecule has 0 aliphatic carbocycles. The molecule has 3 heterocycles. The van der Waals surface area contributed by atoms with Crippen LogP contribution < -0.4 is 10.4 Å². The lowest BCUT2D eigenvalue weighted by Gasteiger charge is -2.53. The largest absolute Gasteiger partial charge is 0.405 e. The van der Waals surface area contributed by atoms with E-state index in [2.05, 4.69) is 45.0 Å². The Labute approximate surface area is 413 Å². The van der Waals surface area contributed by atoms with Crippen molar-refractivity contribution in [3.63, 3.8) is 0 Å². The molecule has 0 amide bonds. The fourth-order valence-corrected chi connectivity index (χ4v) is 14.8. The van der Waals surface area contributed by atoms with Crippen LogP contribution in [0.2, 0.25) is 5.04 Å². The molecule has 11 atom stereocenters. The van der Waals surface area contributed by atoms with Crippen molar-refractivity contribution in [1.29, 1.82) is 0 Å². The van der Waals surface area contributed by atoms with Crippen molar-refractivity contribution in [3.05, 3.63) is 204 Å². The van der Waals surface area contributed by atoms with E-state index in [9.17, 15) is 10.2 Å². The number of hydrogen-bond acceptors (Lipinski definition) is 11. The molecule has 3 aliphatic heterocycles. The molecule has 9 rings (SSSR count). The van der Waals surface area contributed by atoms with Gasteiger partial charge < -0.3 is 52.5 Å². The Morgan fingerprint density at radius 3 is 1.34 bits per heavy atom. The second kappa shape index (κ2) is 23.5. The molecule has 11 nitrogen and oxygen atoms in total. The highest BCUT2D eigenvalue weighted by molar-refractivity contribution is 6.99. The summed E-state index contributed by atoms with van der Waals surface area (Å²) in [4.78, 5) is 0. The molecule has 2 N–H and O–H groups in total. The summed E-state index contributed by atoms with van der Waals surface area (Å²) in [5.74, 6) is 0. The quantitative estimate of drug-likeness (QED) is 0.0784. The van der Waals surface area contributed by atoms with Crippen molar-refractivity contribution < 1.29 is 52.5 Å². The predicted octanol–water partition coefficient (Wildman–Crippen LogP) is 7.53. The number of aliphatic hydroxyl groups is 2.